The van der Waals surface area contributed by atoms with E-state index in [1.807, 2.05) is 6.07 Å². The van der Waals surface area contributed by atoms with Gasteiger partial charge in [0.1, 0.15) is 11.6 Å². The van der Waals surface area contributed by atoms with Gasteiger partial charge in [-0.1, -0.05) is 6.07 Å². The van der Waals surface area contributed by atoms with Crippen molar-refractivity contribution in [1.29, 1.82) is 0 Å². The monoisotopic (exact) mass is 249 g/mol. The molecule has 0 amide bonds. The molecule has 3 nitrogen and oxygen atoms in total. The minimum Gasteiger partial charge on any atom is -0.467 e. The summed E-state index contributed by atoms with van der Waals surface area (Å²) in [7, 11) is 1.79. The zero-order valence-electron chi connectivity index (χ0n) is 10.4. The van der Waals surface area contributed by atoms with Gasteiger partial charge >= 0.3 is 0 Å². The Kier molecular flexibility index (Phi) is 3.67. The molecule has 0 bridgehead atoms. The first-order chi connectivity index (χ1) is 8.58. The van der Waals surface area contributed by atoms with Crippen molar-refractivity contribution in [1.82, 2.24) is 0 Å². The average molecular weight is 249 g/mol. The summed E-state index contributed by atoms with van der Waals surface area (Å²) in [5, 5.41) is 9.39. The molecule has 0 saturated heterocycles. The number of halogens is 1. The predicted molar refractivity (Wildman–Crippen MR) is 67.8 cm³/mol. The number of rotatable bonds is 4. The van der Waals surface area contributed by atoms with Gasteiger partial charge in [-0.3, -0.25) is 0 Å². The number of anilines is 1. The van der Waals surface area contributed by atoms with Gasteiger partial charge in [0.05, 0.1) is 24.6 Å². The molecule has 96 valence electrons. The number of aliphatic hydroxyl groups is 1. The lowest BCUT2D eigenvalue weighted by molar-refractivity contribution is 0.199. The first-order valence-electron chi connectivity index (χ1n) is 5.79. The van der Waals surface area contributed by atoms with Gasteiger partial charge in [0.15, 0.2) is 0 Å². The van der Waals surface area contributed by atoms with Crippen LogP contribution >= 0.6 is 0 Å². The Morgan fingerprint density at radius 3 is 2.72 bits per heavy atom. The first-order valence-corrected chi connectivity index (χ1v) is 5.79. The lowest BCUT2D eigenvalue weighted by Gasteiger charge is -2.19. The molecule has 2 rings (SSSR count). The van der Waals surface area contributed by atoms with Crippen LogP contribution in [0.2, 0.25) is 0 Å². The molecule has 0 spiro atoms. The van der Waals surface area contributed by atoms with Crippen LogP contribution in [0.15, 0.2) is 41.0 Å². The Morgan fingerprint density at radius 1 is 1.39 bits per heavy atom. The lowest BCUT2D eigenvalue weighted by atomic mass is 10.1. The number of hydrogen-bond acceptors (Lipinski definition) is 3. The van der Waals surface area contributed by atoms with E-state index in [0.717, 1.165) is 5.76 Å². The molecule has 4 heteroatoms. The fourth-order valence-corrected chi connectivity index (χ4v) is 1.81. The Balaban J connectivity index is 2.17. The standard InChI is InChI=1S/C14H16FNO2/c1-10(17)11-5-6-14(13(15)8-11)16(2)9-12-4-3-7-18-12/h3-8,10,17H,9H2,1-2H3/t10-/m1/s1. The molecular formula is C14H16FNO2. The van der Waals surface area contributed by atoms with E-state index in [1.165, 1.54) is 6.07 Å². The molecule has 1 heterocycles. The van der Waals surface area contributed by atoms with Gasteiger partial charge in [0, 0.05) is 7.05 Å². The van der Waals surface area contributed by atoms with Crippen LogP contribution in [0.5, 0.6) is 0 Å². The van der Waals surface area contributed by atoms with Crippen molar-refractivity contribution in [3.05, 3.63) is 53.7 Å². The number of furan rings is 1. The molecule has 1 aromatic carbocycles. The lowest BCUT2D eigenvalue weighted by Crippen LogP contribution is -2.17. The van der Waals surface area contributed by atoms with E-state index < -0.39 is 6.10 Å². The third kappa shape index (κ3) is 2.71. The van der Waals surface area contributed by atoms with Gasteiger partial charge in [-0.15, -0.1) is 0 Å². The molecule has 1 aromatic heterocycles. The Hall–Kier alpha value is -1.81. The normalized spacial score (nSPS) is 12.4. The zero-order chi connectivity index (χ0) is 13.1. The van der Waals surface area contributed by atoms with E-state index in [-0.39, 0.29) is 5.82 Å². The van der Waals surface area contributed by atoms with Crippen LogP contribution < -0.4 is 4.90 Å². The molecule has 0 unspecified atom stereocenters. The van der Waals surface area contributed by atoms with Gasteiger partial charge in [0.25, 0.3) is 0 Å². The molecule has 18 heavy (non-hydrogen) atoms. The van der Waals surface area contributed by atoms with Crippen molar-refractivity contribution in [3.63, 3.8) is 0 Å². The maximum absolute atomic E-state index is 13.9. The maximum Gasteiger partial charge on any atom is 0.146 e. The molecule has 0 fully saturated rings. The van der Waals surface area contributed by atoms with Crippen molar-refractivity contribution < 1.29 is 13.9 Å². The summed E-state index contributed by atoms with van der Waals surface area (Å²) in [6.45, 7) is 2.11. The van der Waals surface area contributed by atoms with Gasteiger partial charge < -0.3 is 14.4 Å². The highest BCUT2D eigenvalue weighted by atomic mass is 19.1. The highest BCUT2D eigenvalue weighted by Crippen LogP contribution is 2.23. The smallest absolute Gasteiger partial charge is 0.146 e. The van der Waals surface area contributed by atoms with E-state index in [9.17, 15) is 9.50 Å². The third-order valence-electron chi connectivity index (χ3n) is 2.84. The maximum atomic E-state index is 13.9. The van der Waals surface area contributed by atoms with E-state index in [4.69, 9.17) is 4.42 Å². The summed E-state index contributed by atoms with van der Waals surface area (Å²) < 4.78 is 19.1. The topological polar surface area (TPSA) is 36.6 Å². The second-order valence-corrected chi connectivity index (χ2v) is 4.32. The van der Waals surface area contributed by atoms with Crippen molar-refractivity contribution in [3.8, 4) is 0 Å². The SMILES string of the molecule is C[C@@H](O)c1ccc(N(C)Cc2ccco2)c(F)c1. The molecule has 0 aliphatic carbocycles. The van der Waals surface area contributed by atoms with E-state index in [1.54, 1.807) is 43.3 Å². The van der Waals surface area contributed by atoms with Gasteiger partial charge in [0.2, 0.25) is 0 Å². The van der Waals surface area contributed by atoms with Crippen molar-refractivity contribution in [2.75, 3.05) is 11.9 Å². The third-order valence-corrected chi connectivity index (χ3v) is 2.84. The minimum absolute atomic E-state index is 0.345. The second kappa shape index (κ2) is 5.23. The van der Waals surface area contributed by atoms with Crippen LogP contribution in [0.1, 0.15) is 24.4 Å². The largest absolute Gasteiger partial charge is 0.467 e. The van der Waals surface area contributed by atoms with Crippen molar-refractivity contribution in [2.45, 2.75) is 19.6 Å². The molecule has 1 N–H and O–H groups in total. The Bertz CT molecular complexity index is 509. The summed E-state index contributed by atoms with van der Waals surface area (Å²) in [5.74, 6) is 0.430. The van der Waals surface area contributed by atoms with E-state index in [0.29, 0.717) is 17.8 Å². The fraction of sp³-hybridized carbons (Fsp3) is 0.286. The van der Waals surface area contributed by atoms with Gasteiger partial charge in [-0.05, 0) is 36.8 Å². The first kappa shape index (κ1) is 12.6. The highest BCUT2D eigenvalue weighted by Gasteiger charge is 2.11. The van der Waals surface area contributed by atoms with Crippen LogP contribution in [0.25, 0.3) is 0 Å². The molecule has 0 aliphatic rings. The molecule has 0 radical (unpaired) electrons. The molecular weight excluding hydrogens is 233 g/mol. The molecule has 0 saturated carbocycles. The second-order valence-electron chi connectivity index (χ2n) is 4.32. The fourth-order valence-electron chi connectivity index (χ4n) is 1.81. The van der Waals surface area contributed by atoms with Crippen LogP contribution in [0, 0.1) is 5.82 Å². The van der Waals surface area contributed by atoms with Crippen LogP contribution in [0.4, 0.5) is 10.1 Å². The number of benzene rings is 1. The quantitative estimate of drug-likeness (QED) is 0.904. The van der Waals surface area contributed by atoms with Gasteiger partial charge in [-0.25, -0.2) is 4.39 Å². The average Bonchev–Trinajstić information content (AvgIpc) is 2.81. The highest BCUT2D eigenvalue weighted by molar-refractivity contribution is 5.48. The van der Waals surface area contributed by atoms with Crippen molar-refractivity contribution in [2.24, 2.45) is 0 Å². The molecule has 0 aliphatic heterocycles. The summed E-state index contributed by atoms with van der Waals surface area (Å²) in [4.78, 5) is 1.76. The number of hydrogen-bond donors (Lipinski definition) is 1. The summed E-state index contributed by atoms with van der Waals surface area (Å²) >= 11 is 0. The summed E-state index contributed by atoms with van der Waals surface area (Å²) in [6.07, 6.45) is 0.930. The summed E-state index contributed by atoms with van der Waals surface area (Å²) in [5.41, 5.74) is 1.05. The van der Waals surface area contributed by atoms with E-state index >= 15 is 0 Å². The Morgan fingerprint density at radius 2 is 2.17 bits per heavy atom. The summed E-state index contributed by atoms with van der Waals surface area (Å²) in [6, 6.07) is 8.40. The van der Waals surface area contributed by atoms with Gasteiger partial charge in [-0.2, -0.15) is 0 Å². The van der Waals surface area contributed by atoms with E-state index in [2.05, 4.69) is 0 Å². The molecule has 1 atom stereocenters. The minimum atomic E-state index is -0.663. The number of aliphatic hydroxyl groups excluding tert-OH is 1. The van der Waals surface area contributed by atoms with Crippen molar-refractivity contribution >= 4 is 5.69 Å². The number of nitrogens with zero attached hydrogens (tertiary/aromatic N) is 1. The van der Waals surface area contributed by atoms with Crippen LogP contribution in [0.3, 0.4) is 0 Å². The zero-order valence-corrected chi connectivity index (χ0v) is 10.4. The Labute approximate surface area is 105 Å². The van der Waals surface area contributed by atoms with Crippen LogP contribution in [-0.4, -0.2) is 12.2 Å². The molecule has 2 aromatic rings. The van der Waals surface area contributed by atoms with Crippen LogP contribution in [-0.2, 0) is 6.54 Å². The predicted octanol–water partition coefficient (Wildman–Crippen LogP) is 3.11.